The maximum atomic E-state index is 5.17. The molecule has 0 aromatic carbocycles. The molecule has 0 aliphatic heterocycles. The quantitative estimate of drug-likeness (QED) is 0.883. The van der Waals surface area contributed by atoms with Gasteiger partial charge in [-0.3, -0.25) is 0 Å². The van der Waals surface area contributed by atoms with E-state index in [4.69, 9.17) is 4.42 Å². The summed E-state index contributed by atoms with van der Waals surface area (Å²) in [5, 5.41) is 3.70. The highest BCUT2D eigenvalue weighted by molar-refractivity contribution is 5.10. The Hall–Kier alpha value is -0.800. The minimum absolute atomic E-state index is 0.315. The number of nitrogens with one attached hydrogen (secondary N) is 1. The van der Waals surface area contributed by atoms with Crippen LogP contribution in [0.4, 0.5) is 0 Å². The summed E-state index contributed by atoms with van der Waals surface area (Å²) in [6.45, 7) is 5.65. The summed E-state index contributed by atoms with van der Waals surface area (Å²) in [7, 11) is 4.45. The number of furan rings is 1. The van der Waals surface area contributed by atoms with Crippen LogP contribution in [0, 0.1) is 5.92 Å². The summed E-state index contributed by atoms with van der Waals surface area (Å²) in [5.74, 6) is 0.835. The fraction of sp³-hybridized carbons (Fsp3) is 0.750. The van der Waals surface area contributed by atoms with E-state index in [0.717, 1.165) is 12.5 Å². The summed E-state index contributed by atoms with van der Waals surface area (Å²) in [4.78, 5) is 2.43. The van der Waals surface area contributed by atoms with Crippen LogP contribution in [0.3, 0.4) is 0 Å². The summed E-state index contributed by atoms with van der Waals surface area (Å²) < 4.78 is 5.17. The van der Waals surface area contributed by atoms with Gasteiger partial charge in [-0.1, -0.05) is 19.8 Å². The van der Waals surface area contributed by atoms with E-state index in [1.54, 1.807) is 6.26 Å². The molecule has 0 saturated heterocycles. The summed E-state index contributed by atoms with van der Waals surface area (Å²) in [6, 6.07) is 2.40. The zero-order chi connectivity index (χ0) is 13.9. The highest BCUT2D eigenvalue weighted by Gasteiger charge is 2.36. The number of rotatable bonds is 5. The van der Waals surface area contributed by atoms with E-state index >= 15 is 0 Å². The molecule has 108 valence electrons. The Balaban J connectivity index is 1.97. The zero-order valence-corrected chi connectivity index (χ0v) is 12.8. The van der Waals surface area contributed by atoms with Crippen LogP contribution in [-0.2, 0) is 0 Å². The fourth-order valence-corrected chi connectivity index (χ4v) is 3.34. The Morgan fingerprint density at radius 2 is 2.32 bits per heavy atom. The molecule has 19 heavy (non-hydrogen) atoms. The first-order valence-corrected chi connectivity index (χ1v) is 7.46. The van der Waals surface area contributed by atoms with Crippen molar-refractivity contribution >= 4 is 0 Å². The highest BCUT2D eigenvalue weighted by atomic mass is 16.3. The predicted octanol–water partition coefficient (Wildman–Crippen LogP) is 3.44. The van der Waals surface area contributed by atoms with Gasteiger partial charge in [0.25, 0.3) is 0 Å². The molecule has 1 heterocycles. The van der Waals surface area contributed by atoms with Gasteiger partial charge in [-0.25, -0.2) is 0 Å². The van der Waals surface area contributed by atoms with Crippen molar-refractivity contribution in [2.75, 3.05) is 20.6 Å². The van der Waals surface area contributed by atoms with Crippen LogP contribution in [0.25, 0.3) is 0 Å². The van der Waals surface area contributed by atoms with Crippen LogP contribution < -0.4 is 5.32 Å². The van der Waals surface area contributed by atoms with Crippen LogP contribution >= 0.6 is 0 Å². The summed E-state index contributed by atoms with van der Waals surface area (Å²) in [6.07, 6.45) is 8.91. The second-order valence-electron chi connectivity index (χ2n) is 6.48. The smallest absolute Gasteiger partial charge is 0.0950 e. The van der Waals surface area contributed by atoms with Gasteiger partial charge in [-0.05, 0) is 45.8 Å². The third-order valence-corrected chi connectivity index (χ3v) is 4.80. The van der Waals surface area contributed by atoms with Crippen molar-refractivity contribution < 1.29 is 4.42 Å². The molecule has 1 aromatic heterocycles. The molecule has 1 aromatic rings. The molecule has 3 unspecified atom stereocenters. The van der Waals surface area contributed by atoms with Crippen molar-refractivity contribution in [3.8, 4) is 0 Å². The van der Waals surface area contributed by atoms with Crippen LogP contribution in [0.1, 0.15) is 51.1 Å². The van der Waals surface area contributed by atoms with Crippen molar-refractivity contribution in [3.05, 3.63) is 24.2 Å². The minimum atomic E-state index is 0.315. The molecule has 3 atom stereocenters. The first-order chi connectivity index (χ1) is 9.03. The maximum Gasteiger partial charge on any atom is 0.0950 e. The van der Waals surface area contributed by atoms with Crippen LogP contribution in [-0.4, -0.2) is 31.1 Å². The Morgan fingerprint density at radius 1 is 1.53 bits per heavy atom. The Kier molecular flexibility index (Phi) is 4.69. The maximum absolute atomic E-state index is 5.17. The van der Waals surface area contributed by atoms with Crippen molar-refractivity contribution in [2.24, 2.45) is 5.92 Å². The van der Waals surface area contributed by atoms with Gasteiger partial charge >= 0.3 is 0 Å². The van der Waals surface area contributed by atoms with Gasteiger partial charge in [0.15, 0.2) is 0 Å². The van der Waals surface area contributed by atoms with Crippen LogP contribution in [0.2, 0.25) is 0 Å². The van der Waals surface area contributed by atoms with Gasteiger partial charge < -0.3 is 14.6 Å². The number of nitrogens with zero attached hydrogens (tertiary/aromatic N) is 1. The molecule has 1 aliphatic carbocycles. The normalized spacial score (nSPS) is 29.6. The lowest BCUT2D eigenvalue weighted by atomic mass is 9.75. The van der Waals surface area contributed by atoms with Crippen molar-refractivity contribution in [1.82, 2.24) is 10.2 Å². The molecule has 0 bridgehead atoms. The van der Waals surface area contributed by atoms with E-state index in [9.17, 15) is 0 Å². The van der Waals surface area contributed by atoms with Crippen molar-refractivity contribution in [1.29, 1.82) is 0 Å². The topological polar surface area (TPSA) is 28.4 Å². The molecular weight excluding hydrogens is 236 g/mol. The largest absolute Gasteiger partial charge is 0.472 e. The second kappa shape index (κ2) is 6.10. The van der Waals surface area contributed by atoms with Gasteiger partial charge in [0, 0.05) is 23.7 Å². The molecule has 1 fully saturated rings. The lowest BCUT2D eigenvalue weighted by Gasteiger charge is -2.46. The molecular formula is C16H28N2O. The summed E-state index contributed by atoms with van der Waals surface area (Å²) >= 11 is 0. The third-order valence-electron chi connectivity index (χ3n) is 4.80. The van der Waals surface area contributed by atoms with E-state index in [2.05, 4.69) is 38.2 Å². The zero-order valence-electron chi connectivity index (χ0n) is 12.8. The Bertz CT molecular complexity index is 374. The van der Waals surface area contributed by atoms with E-state index in [0.29, 0.717) is 11.6 Å². The van der Waals surface area contributed by atoms with Gasteiger partial charge in [-0.15, -0.1) is 0 Å². The van der Waals surface area contributed by atoms with Gasteiger partial charge in [0.2, 0.25) is 0 Å². The lowest BCUT2D eigenvalue weighted by Crippen LogP contribution is -2.54. The Morgan fingerprint density at radius 3 is 2.89 bits per heavy atom. The first kappa shape index (κ1) is 14.6. The Labute approximate surface area is 117 Å². The van der Waals surface area contributed by atoms with E-state index < -0.39 is 0 Å². The van der Waals surface area contributed by atoms with Crippen LogP contribution in [0.5, 0.6) is 0 Å². The molecule has 2 rings (SSSR count). The summed E-state index contributed by atoms with van der Waals surface area (Å²) in [5.41, 5.74) is 1.55. The average molecular weight is 264 g/mol. The molecule has 3 nitrogen and oxygen atoms in total. The molecule has 1 saturated carbocycles. The monoisotopic (exact) mass is 264 g/mol. The SMILES string of the molecule is CC1CCCC(CNC(C)c2ccoc2)(N(C)C)C1. The van der Waals surface area contributed by atoms with E-state index in [1.165, 1.54) is 31.2 Å². The van der Waals surface area contributed by atoms with Crippen LogP contribution in [0.15, 0.2) is 23.0 Å². The number of hydrogen-bond acceptors (Lipinski definition) is 3. The number of likely N-dealkylation sites (N-methyl/N-ethyl adjacent to an activating group) is 1. The van der Waals surface area contributed by atoms with Crippen molar-refractivity contribution in [2.45, 2.75) is 51.1 Å². The lowest BCUT2D eigenvalue weighted by molar-refractivity contribution is 0.0728. The van der Waals surface area contributed by atoms with E-state index in [-0.39, 0.29) is 0 Å². The minimum Gasteiger partial charge on any atom is -0.472 e. The molecule has 0 amide bonds. The molecule has 1 N–H and O–H groups in total. The predicted molar refractivity (Wildman–Crippen MR) is 79.2 cm³/mol. The third kappa shape index (κ3) is 3.40. The van der Waals surface area contributed by atoms with Gasteiger partial charge in [0.1, 0.15) is 0 Å². The molecule has 0 radical (unpaired) electrons. The average Bonchev–Trinajstić information content (AvgIpc) is 2.89. The standard InChI is InChI=1S/C16H28N2O/c1-13-6-5-8-16(10-13,18(3)4)12-17-14(2)15-7-9-19-11-15/h7,9,11,13-14,17H,5-6,8,10,12H2,1-4H3. The van der Waals surface area contributed by atoms with Gasteiger partial charge in [0.05, 0.1) is 12.5 Å². The fourth-order valence-electron chi connectivity index (χ4n) is 3.34. The highest BCUT2D eigenvalue weighted by Crippen LogP contribution is 2.35. The molecule has 1 aliphatic rings. The van der Waals surface area contributed by atoms with Crippen molar-refractivity contribution in [3.63, 3.8) is 0 Å². The second-order valence-corrected chi connectivity index (χ2v) is 6.48. The first-order valence-electron chi connectivity index (χ1n) is 7.46. The van der Waals surface area contributed by atoms with Gasteiger partial charge in [-0.2, -0.15) is 0 Å². The molecule has 0 spiro atoms. The molecule has 3 heteroatoms. The van der Waals surface area contributed by atoms with E-state index in [1.807, 2.05) is 12.3 Å². The number of hydrogen-bond donors (Lipinski definition) is 1.